The minimum atomic E-state index is -0.967. The molecular weight excluding hydrogens is 554 g/mol. The number of hydrogen-bond donors (Lipinski definition) is 5. The molecule has 220 valence electrons. The molecule has 1 fully saturated rings. The Kier molecular flexibility index (Phi) is 7.54. The number of H-pyrrole nitrogens is 2. The van der Waals surface area contributed by atoms with Crippen molar-refractivity contribution in [2.45, 2.75) is 25.0 Å². The van der Waals surface area contributed by atoms with E-state index in [4.69, 9.17) is 14.7 Å². The molecule has 5 N–H and O–H groups in total. The number of nitriles is 1. The minimum absolute atomic E-state index is 0.0408. The first-order chi connectivity index (χ1) is 20.9. The van der Waals surface area contributed by atoms with Crippen molar-refractivity contribution >= 4 is 28.5 Å². The van der Waals surface area contributed by atoms with Crippen molar-refractivity contribution in [3.8, 4) is 29.0 Å². The van der Waals surface area contributed by atoms with Crippen molar-refractivity contribution < 1.29 is 24.2 Å². The number of aromatic nitrogens is 3. The summed E-state index contributed by atoms with van der Waals surface area (Å²) < 4.78 is 10.9. The first-order valence-electron chi connectivity index (χ1n) is 13.8. The van der Waals surface area contributed by atoms with Gasteiger partial charge in [0, 0.05) is 24.8 Å². The second-order valence-corrected chi connectivity index (χ2v) is 10.4. The number of ether oxygens (including phenoxy) is 2. The molecule has 6 rings (SSSR count). The molecule has 2 aliphatic heterocycles. The SMILES string of the molecule is COc1cc(C#N)ccc1OCC(O)CNc1cc[nH]c(=O)c1-c1nc2cc3c(cc2[nH]1)C(=O)N(C1CCNCC1)C3=O. The third-order valence-electron chi connectivity index (χ3n) is 7.64. The van der Waals surface area contributed by atoms with E-state index in [-0.39, 0.29) is 42.4 Å². The fraction of sp³-hybridized carbons (Fsp3) is 0.300. The number of nitrogens with zero attached hydrogens (tertiary/aromatic N) is 3. The Hall–Kier alpha value is -5.19. The Morgan fingerprint density at radius 1 is 1.12 bits per heavy atom. The molecule has 2 aliphatic rings. The highest BCUT2D eigenvalue weighted by Crippen LogP contribution is 2.32. The molecule has 1 atom stereocenters. The largest absolute Gasteiger partial charge is 0.493 e. The van der Waals surface area contributed by atoms with Crippen molar-refractivity contribution in [2.75, 3.05) is 38.7 Å². The lowest BCUT2D eigenvalue weighted by Crippen LogP contribution is -2.45. The Labute approximate surface area is 245 Å². The van der Waals surface area contributed by atoms with Gasteiger partial charge in [0.2, 0.25) is 0 Å². The van der Waals surface area contributed by atoms with E-state index in [9.17, 15) is 19.5 Å². The van der Waals surface area contributed by atoms with Crippen LogP contribution in [-0.2, 0) is 0 Å². The quantitative estimate of drug-likeness (QED) is 0.183. The number of rotatable bonds is 9. The maximum atomic E-state index is 13.2. The summed E-state index contributed by atoms with van der Waals surface area (Å²) in [7, 11) is 1.46. The number of aromatic amines is 2. The number of aliphatic hydroxyl groups is 1. The van der Waals surface area contributed by atoms with Gasteiger partial charge in [0.1, 0.15) is 24.1 Å². The number of carbonyl (C=O) groups excluding carboxylic acids is 2. The van der Waals surface area contributed by atoms with Crippen LogP contribution in [0.1, 0.15) is 39.1 Å². The van der Waals surface area contributed by atoms with Crippen LogP contribution < -0.4 is 25.7 Å². The summed E-state index contributed by atoms with van der Waals surface area (Å²) in [6, 6.07) is 11.5. The zero-order chi connectivity index (χ0) is 30.1. The first kappa shape index (κ1) is 28.0. The van der Waals surface area contributed by atoms with E-state index in [1.165, 1.54) is 18.2 Å². The number of aliphatic hydroxyl groups excluding tert-OH is 1. The number of hydrogen-bond acceptors (Lipinski definition) is 10. The van der Waals surface area contributed by atoms with Crippen LogP contribution in [0.15, 0.2) is 47.4 Å². The monoisotopic (exact) mass is 583 g/mol. The van der Waals surface area contributed by atoms with Crippen molar-refractivity contribution in [1.82, 2.24) is 25.2 Å². The molecule has 4 heterocycles. The van der Waals surface area contributed by atoms with Crippen molar-refractivity contribution in [1.29, 1.82) is 5.26 Å². The van der Waals surface area contributed by atoms with E-state index < -0.39 is 11.7 Å². The molecule has 2 amide bonds. The number of amides is 2. The van der Waals surface area contributed by atoms with Gasteiger partial charge in [0.15, 0.2) is 11.5 Å². The highest BCUT2D eigenvalue weighted by atomic mass is 16.5. The van der Waals surface area contributed by atoms with Crippen molar-refractivity contribution in [3.05, 3.63) is 69.6 Å². The summed E-state index contributed by atoms with van der Waals surface area (Å²) in [5.41, 5.74) is 2.19. The highest BCUT2D eigenvalue weighted by Gasteiger charge is 2.40. The molecule has 0 aliphatic carbocycles. The molecule has 4 aromatic rings. The standard InChI is InChI=1S/C30H29N7O6/c1-42-25-10-16(13-31)2-3-24(25)43-15-18(38)14-34-21-6-9-33-28(39)26(21)27-35-22-11-19-20(12-23(22)36-27)30(41)37(29(19)40)17-4-7-32-8-5-17/h2-3,6,9-12,17-18,32,38H,4-5,7-8,14-15H2,1H3,(H,35,36)(H2,33,34,39). The zero-order valence-corrected chi connectivity index (χ0v) is 23.3. The van der Waals surface area contributed by atoms with E-state index in [1.807, 2.05) is 6.07 Å². The maximum absolute atomic E-state index is 13.2. The van der Waals surface area contributed by atoms with Gasteiger partial charge in [-0.05, 0) is 56.3 Å². The minimum Gasteiger partial charge on any atom is -0.493 e. The number of anilines is 1. The van der Waals surface area contributed by atoms with Gasteiger partial charge in [-0.1, -0.05) is 0 Å². The highest BCUT2D eigenvalue weighted by molar-refractivity contribution is 6.23. The molecule has 43 heavy (non-hydrogen) atoms. The van der Waals surface area contributed by atoms with Gasteiger partial charge >= 0.3 is 0 Å². The van der Waals surface area contributed by atoms with Crippen LogP contribution >= 0.6 is 0 Å². The topological polar surface area (TPSA) is 185 Å². The van der Waals surface area contributed by atoms with Gasteiger partial charge in [-0.25, -0.2) is 4.98 Å². The Morgan fingerprint density at radius 3 is 2.63 bits per heavy atom. The lowest BCUT2D eigenvalue weighted by atomic mass is 10.1. The molecule has 2 aromatic carbocycles. The third kappa shape index (κ3) is 5.29. The van der Waals surface area contributed by atoms with Gasteiger partial charge in [0.05, 0.1) is 46.6 Å². The summed E-state index contributed by atoms with van der Waals surface area (Å²) in [5, 5.41) is 26.0. The van der Waals surface area contributed by atoms with Gasteiger partial charge < -0.3 is 35.2 Å². The number of imidazole rings is 1. The number of methoxy groups -OCH3 is 1. The summed E-state index contributed by atoms with van der Waals surface area (Å²) in [4.78, 5) is 51.1. The number of imide groups is 1. The molecule has 0 saturated carbocycles. The molecule has 1 unspecified atom stereocenters. The fourth-order valence-electron chi connectivity index (χ4n) is 5.47. The summed E-state index contributed by atoms with van der Waals surface area (Å²) in [5.74, 6) is 0.343. The van der Waals surface area contributed by atoms with Crippen LogP contribution in [-0.4, -0.2) is 82.3 Å². The summed E-state index contributed by atoms with van der Waals surface area (Å²) >= 11 is 0. The lowest BCUT2D eigenvalue weighted by molar-refractivity contribution is 0.0555. The van der Waals surface area contributed by atoms with E-state index in [0.29, 0.717) is 57.8 Å². The first-order valence-corrected chi connectivity index (χ1v) is 13.8. The second kappa shape index (κ2) is 11.6. The maximum Gasteiger partial charge on any atom is 0.261 e. The molecule has 2 aromatic heterocycles. The normalized spacial score (nSPS) is 15.8. The number of fused-ring (bicyclic) bond motifs is 2. The van der Waals surface area contributed by atoms with Crippen LogP contribution in [0, 0.1) is 11.3 Å². The van der Waals surface area contributed by atoms with Crippen LogP contribution in [0.3, 0.4) is 0 Å². The van der Waals surface area contributed by atoms with Crippen LogP contribution in [0.4, 0.5) is 5.69 Å². The number of carbonyl (C=O) groups is 2. The van der Waals surface area contributed by atoms with Crippen LogP contribution in [0.25, 0.3) is 22.4 Å². The van der Waals surface area contributed by atoms with E-state index in [2.05, 4.69) is 25.6 Å². The van der Waals surface area contributed by atoms with E-state index in [1.54, 1.807) is 36.4 Å². The molecule has 0 radical (unpaired) electrons. The van der Waals surface area contributed by atoms with Gasteiger partial charge in [-0.15, -0.1) is 0 Å². The van der Waals surface area contributed by atoms with Crippen LogP contribution in [0.2, 0.25) is 0 Å². The van der Waals surface area contributed by atoms with E-state index in [0.717, 1.165) is 13.1 Å². The molecule has 0 bridgehead atoms. The van der Waals surface area contributed by atoms with Gasteiger partial charge in [-0.2, -0.15) is 5.26 Å². The van der Waals surface area contributed by atoms with Crippen molar-refractivity contribution in [3.63, 3.8) is 0 Å². The second-order valence-electron chi connectivity index (χ2n) is 10.4. The van der Waals surface area contributed by atoms with E-state index >= 15 is 0 Å². The molecule has 13 nitrogen and oxygen atoms in total. The van der Waals surface area contributed by atoms with Crippen molar-refractivity contribution in [2.24, 2.45) is 0 Å². The summed E-state index contributed by atoms with van der Waals surface area (Å²) in [6.07, 6.45) is 1.93. The summed E-state index contributed by atoms with van der Waals surface area (Å²) in [6.45, 7) is 1.46. The van der Waals surface area contributed by atoms with Crippen LogP contribution in [0.5, 0.6) is 11.5 Å². The third-order valence-corrected chi connectivity index (χ3v) is 7.64. The predicted octanol–water partition coefficient (Wildman–Crippen LogP) is 2.00. The zero-order valence-electron chi connectivity index (χ0n) is 23.3. The average molecular weight is 584 g/mol. The Bertz CT molecular complexity index is 1760. The van der Waals surface area contributed by atoms with Gasteiger partial charge in [-0.3, -0.25) is 19.3 Å². The molecular formula is C30H29N7O6. The molecule has 0 spiro atoms. The Balaban J connectivity index is 1.19. The molecule has 13 heteroatoms. The lowest BCUT2D eigenvalue weighted by Gasteiger charge is -2.29. The van der Waals surface area contributed by atoms with Gasteiger partial charge in [0.25, 0.3) is 17.4 Å². The number of pyridine rings is 1. The predicted molar refractivity (Wildman–Crippen MR) is 156 cm³/mol. The Morgan fingerprint density at radius 2 is 1.88 bits per heavy atom. The number of benzene rings is 2. The number of piperidine rings is 1. The smallest absolute Gasteiger partial charge is 0.261 e. The molecule has 1 saturated heterocycles. The average Bonchev–Trinajstić information content (AvgIpc) is 3.55. The fourth-order valence-corrected chi connectivity index (χ4v) is 5.47. The number of nitrogens with one attached hydrogen (secondary N) is 4.